The van der Waals surface area contributed by atoms with Crippen LogP contribution in [0.1, 0.15) is 33.6 Å². The Balaban J connectivity index is 2.18. The minimum Gasteiger partial charge on any atom is -0.477 e. The predicted octanol–water partition coefficient (Wildman–Crippen LogP) is 1.84. The molecule has 0 amide bonds. The molecule has 1 aliphatic rings. The van der Waals surface area contributed by atoms with Gasteiger partial charge in [-0.3, -0.25) is 4.98 Å². The summed E-state index contributed by atoms with van der Waals surface area (Å²) in [6, 6.07) is 1.01. The van der Waals surface area contributed by atoms with Crippen LogP contribution in [0.3, 0.4) is 0 Å². The molecule has 2 unspecified atom stereocenters. The molecule has 19 heavy (non-hydrogen) atoms. The first-order valence-corrected chi connectivity index (χ1v) is 7.23. The van der Waals surface area contributed by atoms with Crippen molar-refractivity contribution in [2.45, 2.75) is 45.7 Å². The van der Waals surface area contributed by atoms with Crippen LogP contribution >= 0.6 is 0 Å². The Hall–Kier alpha value is -1.36. The Kier molecular flexibility index (Phi) is 4.96. The first kappa shape index (κ1) is 14.1. The van der Waals surface area contributed by atoms with Gasteiger partial charge in [0, 0.05) is 25.2 Å². The number of hydrogen-bond donors (Lipinski definition) is 1. The summed E-state index contributed by atoms with van der Waals surface area (Å²) in [5, 5.41) is 3.59. The Morgan fingerprint density at radius 2 is 2.16 bits per heavy atom. The van der Waals surface area contributed by atoms with Crippen molar-refractivity contribution in [2.75, 3.05) is 24.6 Å². The number of anilines is 1. The lowest BCUT2D eigenvalue weighted by molar-refractivity contribution is 0.323. The van der Waals surface area contributed by atoms with Gasteiger partial charge in [-0.2, -0.15) is 4.98 Å². The summed E-state index contributed by atoms with van der Waals surface area (Å²) in [5.41, 5.74) is 0. The van der Waals surface area contributed by atoms with Crippen molar-refractivity contribution in [1.29, 1.82) is 0 Å². The van der Waals surface area contributed by atoms with Crippen molar-refractivity contribution in [2.24, 2.45) is 0 Å². The van der Waals surface area contributed by atoms with E-state index in [1.165, 1.54) is 0 Å². The molecule has 2 atom stereocenters. The number of nitrogens with zero attached hydrogens (tertiary/aromatic N) is 3. The van der Waals surface area contributed by atoms with Crippen LogP contribution in [-0.4, -0.2) is 41.7 Å². The van der Waals surface area contributed by atoms with Crippen LogP contribution in [0.25, 0.3) is 0 Å². The molecular formula is C14H24N4O. The molecule has 0 spiro atoms. The van der Waals surface area contributed by atoms with Gasteiger partial charge < -0.3 is 15.0 Å². The Morgan fingerprint density at radius 1 is 1.32 bits per heavy atom. The fraction of sp³-hybridized carbons (Fsp3) is 0.714. The SMILES string of the molecule is CCOc1cncc(N2CC(CC)NCC2CC)n1. The van der Waals surface area contributed by atoms with Gasteiger partial charge >= 0.3 is 0 Å². The minimum absolute atomic E-state index is 0.481. The van der Waals surface area contributed by atoms with Gasteiger partial charge in [0.1, 0.15) is 0 Å². The van der Waals surface area contributed by atoms with Crippen LogP contribution < -0.4 is 15.0 Å². The van der Waals surface area contributed by atoms with Gasteiger partial charge in [0.05, 0.1) is 19.0 Å². The average Bonchev–Trinajstić information content (AvgIpc) is 2.47. The zero-order chi connectivity index (χ0) is 13.7. The molecular weight excluding hydrogens is 240 g/mol. The largest absolute Gasteiger partial charge is 0.477 e. The summed E-state index contributed by atoms with van der Waals surface area (Å²) in [6.07, 6.45) is 5.74. The molecule has 2 heterocycles. The van der Waals surface area contributed by atoms with E-state index in [-0.39, 0.29) is 0 Å². The van der Waals surface area contributed by atoms with Crippen LogP contribution in [-0.2, 0) is 0 Å². The Labute approximate surface area is 115 Å². The molecule has 1 aromatic heterocycles. The molecule has 5 heteroatoms. The van der Waals surface area contributed by atoms with Crippen LogP contribution in [0.5, 0.6) is 5.88 Å². The monoisotopic (exact) mass is 264 g/mol. The zero-order valence-corrected chi connectivity index (χ0v) is 12.1. The second-order valence-corrected chi connectivity index (χ2v) is 4.88. The molecule has 0 aromatic carbocycles. The molecule has 5 nitrogen and oxygen atoms in total. The van der Waals surface area contributed by atoms with Gasteiger partial charge in [-0.05, 0) is 19.8 Å². The van der Waals surface area contributed by atoms with E-state index < -0.39 is 0 Å². The molecule has 0 saturated carbocycles. The second-order valence-electron chi connectivity index (χ2n) is 4.88. The normalized spacial score (nSPS) is 23.4. The van der Waals surface area contributed by atoms with Crippen molar-refractivity contribution in [3.05, 3.63) is 12.4 Å². The highest BCUT2D eigenvalue weighted by Crippen LogP contribution is 2.21. The molecule has 0 bridgehead atoms. The fourth-order valence-electron chi connectivity index (χ4n) is 2.48. The molecule has 1 fully saturated rings. The quantitative estimate of drug-likeness (QED) is 0.879. The van der Waals surface area contributed by atoms with E-state index in [1.54, 1.807) is 6.20 Å². The van der Waals surface area contributed by atoms with Crippen LogP contribution in [0.4, 0.5) is 5.82 Å². The van der Waals surface area contributed by atoms with Crippen molar-refractivity contribution in [3.63, 3.8) is 0 Å². The summed E-state index contributed by atoms with van der Waals surface area (Å²) in [7, 11) is 0. The predicted molar refractivity (Wildman–Crippen MR) is 76.7 cm³/mol. The third kappa shape index (κ3) is 3.35. The van der Waals surface area contributed by atoms with Gasteiger partial charge in [-0.1, -0.05) is 13.8 Å². The smallest absolute Gasteiger partial charge is 0.234 e. The topological polar surface area (TPSA) is 50.3 Å². The van der Waals surface area contributed by atoms with E-state index >= 15 is 0 Å². The van der Waals surface area contributed by atoms with E-state index in [0.29, 0.717) is 24.6 Å². The number of rotatable bonds is 5. The van der Waals surface area contributed by atoms with Gasteiger partial charge in [-0.25, -0.2) is 0 Å². The highest BCUT2D eigenvalue weighted by atomic mass is 16.5. The summed E-state index contributed by atoms with van der Waals surface area (Å²) >= 11 is 0. The summed E-state index contributed by atoms with van der Waals surface area (Å²) in [4.78, 5) is 11.2. The molecule has 1 saturated heterocycles. The van der Waals surface area contributed by atoms with Crippen molar-refractivity contribution in [1.82, 2.24) is 15.3 Å². The van der Waals surface area contributed by atoms with Crippen molar-refractivity contribution in [3.8, 4) is 5.88 Å². The molecule has 1 N–H and O–H groups in total. The third-order valence-corrected chi connectivity index (χ3v) is 3.65. The summed E-state index contributed by atoms with van der Waals surface area (Å²) in [5.74, 6) is 1.54. The lowest BCUT2D eigenvalue weighted by Gasteiger charge is -2.40. The molecule has 1 aliphatic heterocycles. The summed E-state index contributed by atoms with van der Waals surface area (Å²) < 4.78 is 5.44. The van der Waals surface area contributed by atoms with Crippen LogP contribution in [0.15, 0.2) is 12.4 Å². The van der Waals surface area contributed by atoms with Crippen molar-refractivity contribution < 1.29 is 4.74 Å². The van der Waals surface area contributed by atoms with Crippen molar-refractivity contribution >= 4 is 5.82 Å². The molecule has 106 valence electrons. The third-order valence-electron chi connectivity index (χ3n) is 3.65. The van der Waals surface area contributed by atoms with E-state index in [9.17, 15) is 0 Å². The van der Waals surface area contributed by atoms with Crippen LogP contribution in [0, 0.1) is 0 Å². The maximum atomic E-state index is 5.44. The summed E-state index contributed by atoms with van der Waals surface area (Å²) in [6.45, 7) is 9.00. The fourth-order valence-corrected chi connectivity index (χ4v) is 2.48. The number of hydrogen-bond acceptors (Lipinski definition) is 5. The van der Waals surface area contributed by atoms with E-state index in [2.05, 4.69) is 34.0 Å². The van der Waals surface area contributed by atoms with E-state index in [1.807, 2.05) is 13.1 Å². The van der Waals surface area contributed by atoms with Gasteiger partial charge in [0.25, 0.3) is 0 Å². The lowest BCUT2D eigenvalue weighted by Crippen LogP contribution is -2.56. The van der Waals surface area contributed by atoms with Crippen LogP contribution in [0.2, 0.25) is 0 Å². The standard InChI is InChI=1S/C14H24N4O/c1-4-11-10-18(12(5-2)7-16-11)13-8-15-9-14(17-13)19-6-3/h8-9,11-12,16H,4-7,10H2,1-3H3. The van der Waals surface area contributed by atoms with Gasteiger partial charge in [-0.15, -0.1) is 0 Å². The van der Waals surface area contributed by atoms with Gasteiger partial charge in [0.15, 0.2) is 5.82 Å². The van der Waals surface area contributed by atoms with E-state index in [0.717, 1.165) is 31.7 Å². The number of nitrogens with one attached hydrogen (secondary N) is 1. The molecule has 0 radical (unpaired) electrons. The highest BCUT2D eigenvalue weighted by molar-refractivity contribution is 5.40. The lowest BCUT2D eigenvalue weighted by atomic mass is 10.1. The maximum absolute atomic E-state index is 5.44. The highest BCUT2D eigenvalue weighted by Gasteiger charge is 2.27. The first-order chi connectivity index (χ1) is 9.28. The number of ether oxygens (including phenoxy) is 1. The Morgan fingerprint density at radius 3 is 2.84 bits per heavy atom. The molecule has 2 rings (SSSR count). The molecule has 0 aliphatic carbocycles. The number of aromatic nitrogens is 2. The zero-order valence-electron chi connectivity index (χ0n) is 12.1. The maximum Gasteiger partial charge on any atom is 0.234 e. The second kappa shape index (κ2) is 6.70. The Bertz CT molecular complexity index is 399. The van der Waals surface area contributed by atoms with E-state index in [4.69, 9.17) is 4.74 Å². The minimum atomic E-state index is 0.481. The van der Waals surface area contributed by atoms with Gasteiger partial charge in [0.2, 0.25) is 5.88 Å². The average molecular weight is 264 g/mol. The first-order valence-electron chi connectivity index (χ1n) is 7.23. The number of piperazine rings is 1. The molecule has 1 aromatic rings.